The molecule has 2 aliphatic rings. The molecule has 2 aromatic rings. The molecule has 8 heteroatoms. The summed E-state index contributed by atoms with van der Waals surface area (Å²) in [7, 11) is 0. The molecule has 1 atom stereocenters. The monoisotopic (exact) mass is 367 g/mol. The topological polar surface area (TPSA) is 94.3 Å². The molecular weight excluding hydrogens is 350 g/mol. The quantitative estimate of drug-likeness (QED) is 0.601. The highest BCUT2D eigenvalue weighted by Crippen LogP contribution is 2.39. The number of nitrogens with zero attached hydrogens (tertiary/aromatic N) is 3. The maximum absolute atomic E-state index is 12.0. The van der Waals surface area contributed by atoms with Crippen molar-refractivity contribution in [3.05, 3.63) is 63.2 Å². The molecule has 0 bridgehead atoms. The second-order valence-electron chi connectivity index (χ2n) is 6.55. The number of amides is 1. The molecule has 0 aliphatic carbocycles. The van der Waals surface area contributed by atoms with E-state index in [1.54, 1.807) is 12.1 Å². The Morgan fingerprint density at radius 2 is 1.89 bits per heavy atom. The van der Waals surface area contributed by atoms with Crippen LogP contribution in [0, 0.1) is 10.1 Å². The molecule has 2 aliphatic heterocycles. The molecular formula is C19H17N3O5. The predicted octanol–water partition coefficient (Wildman–Crippen LogP) is 3.04. The summed E-state index contributed by atoms with van der Waals surface area (Å²) in [6, 6.07) is 9.91. The van der Waals surface area contributed by atoms with Crippen molar-refractivity contribution < 1.29 is 19.2 Å². The average molecular weight is 367 g/mol. The number of nitro benzene ring substituents is 1. The van der Waals surface area contributed by atoms with Crippen LogP contribution in [0.3, 0.4) is 0 Å². The number of hydrogen-bond acceptors (Lipinski definition) is 6. The molecule has 8 nitrogen and oxygen atoms in total. The van der Waals surface area contributed by atoms with Crippen LogP contribution >= 0.6 is 0 Å². The third-order valence-corrected chi connectivity index (χ3v) is 4.71. The first kappa shape index (κ1) is 17.0. The van der Waals surface area contributed by atoms with Crippen LogP contribution in [-0.4, -0.2) is 34.9 Å². The third kappa shape index (κ3) is 2.99. The van der Waals surface area contributed by atoms with Crippen molar-refractivity contribution in [3.8, 4) is 11.5 Å². The summed E-state index contributed by atoms with van der Waals surface area (Å²) in [5.74, 6) is 1.14. The fraction of sp³-hybridized carbons (Fsp3) is 0.263. The fourth-order valence-corrected chi connectivity index (χ4v) is 3.30. The SMILES string of the molecule is CC(=O)N1CC(C)c2cc3c(cc2C(c2ccc([N+](=O)[O-])cc2)=N1)OCO3. The number of hydrazone groups is 1. The van der Waals surface area contributed by atoms with Crippen molar-refractivity contribution in [2.45, 2.75) is 19.8 Å². The number of nitro groups is 1. The van der Waals surface area contributed by atoms with E-state index >= 15 is 0 Å². The van der Waals surface area contributed by atoms with Crippen LogP contribution in [0.1, 0.15) is 36.5 Å². The van der Waals surface area contributed by atoms with Crippen molar-refractivity contribution in [2.75, 3.05) is 13.3 Å². The molecule has 0 saturated carbocycles. The smallest absolute Gasteiger partial charge is 0.269 e. The van der Waals surface area contributed by atoms with Crippen molar-refractivity contribution in [2.24, 2.45) is 5.10 Å². The first-order chi connectivity index (χ1) is 12.9. The molecule has 4 rings (SSSR count). The Kier molecular flexibility index (Phi) is 4.02. The zero-order chi connectivity index (χ0) is 19.1. The molecule has 2 heterocycles. The van der Waals surface area contributed by atoms with Gasteiger partial charge in [-0.2, -0.15) is 5.10 Å². The van der Waals surface area contributed by atoms with E-state index in [-0.39, 0.29) is 24.3 Å². The highest BCUT2D eigenvalue weighted by Gasteiger charge is 2.28. The van der Waals surface area contributed by atoms with Gasteiger partial charge < -0.3 is 9.47 Å². The Morgan fingerprint density at radius 3 is 2.52 bits per heavy atom. The van der Waals surface area contributed by atoms with Crippen molar-refractivity contribution in [3.63, 3.8) is 0 Å². The maximum atomic E-state index is 12.0. The molecule has 27 heavy (non-hydrogen) atoms. The minimum atomic E-state index is -0.450. The molecule has 0 saturated heterocycles. The van der Waals surface area contributed by atoms with Crippen molar-refractivity contribution >= 4 is 17.3 Å². The van der Waals surface area contributed by atoms with Gasteiger partial charge in [0.1, 0.15) is 0 Å². The second-order valence-corrected chi connectivity index (χ2v) is 6.55. The number of non-ortho nitro benzene ring substituents is 1. The molecule has 0 N–H and O–H groups in total. The lowest BCUT2D eigenvalue weighted by molar-refractivity contribution is -0.384. The molecule has 1 unspecified atom stereocenters. The van der Waals surface area contributed by atoms with Crippen LogP contribution in [0.4, 0.5) is 5.69 Å². The Bertz CT molecular complexity index is 968. The summed E-state index contributed by atoms with van der Waals surface area (Å²) in [5.41, 5.74) is 3.05. The largest absolute Gasteiger partial charge is 0.454 e. The number of carbonyl (C=O) groups excluding carboxylic acids is 1. The van der Waals surface area contributed by atoms with E-state index in [2.05, 4.69) is 5.10 Å². The average Bonchev–Trinajstić information content (AvgIpc) is 3.05. The lowest BCUT2D eigenvalue weighted by Gasteiger charge is -2.17. The summed E-state index contributed by atoms with van der Waals surface area (Å²) in [6.07, 6.45) is 0. The summed E-state index contributed by atoms with van der Waals surface area (Å²) >= 11 is 0. The number of carbonyl (C=O) groups is 1. The van der Waals surface area contributed by atoms with Crippen LogP contribution in [0.15, 0.2) is 41.5 Å². The zero-order valence-electron chi connectivity index (χ0n) is 14.8. The predicted molar refractivity (Wildman–Crippen MR) is 97.1 cm³/mol. The highest BCUT2D eigenvalue weighted by molar-refractivity contribution is 6.14. The van der Waals surface area contributed by atoms with E-state index < -0.39 is 4.92 Å². The minimum Gasteiger partial charge on any atom is -0.454 e. The highest BCUT2D eigenvalue weighted by atomic mass is 16.7. The van der Waals surface area contributed by atoms with Crippen LogP contribution in [0.5, 0.6) is 11.5 Å². The zero-order valence-corrected chi connectivity index (χ0v) is 14.8. The molecule has 0 spiro atoms. The van der Waals surface area contributed by atoms with Gasteiger partial charge in [0.15, 0.2) is 11.5 Å². The van der Waals surface area contributed by atoms with E-state index in [9.17, 15) is 14.9 Å². The van der Waals surface area contributed by atoms with Crippen LogP contribution < -0.4 is 9.47 Å². The Labute approximate surface area is 155 Å². The number of fused-ring (bicyclic) bond motifs is 2. The van der Waals surface area contributed by atoms with Gasteiger partial charge in [-0.05, 0) is 29.8 Å². The number of rotatable bonds is 2. The summed E-state index contributed by atoms with van der Waals surface area (Å²) in [5, 5.41) is 16.9. The van der Waals surface area contributed by atoms with Gasteiger partial charge in [-0.3, -0.25) is 14.9 Å². The molecule has 0 aromatic heterocycles. The molecule has 138 valence electrons. The Hall–Kier alpha value is -3.42. The van der Waals surface area contributed by atoms with E-state index in [1.807, 2.05) is 19.1 Å². The molecule has 1 amide bonds. The van der Waals surface area contributed by atoms with Gasteiger partial charge in [0.2, 0.25) is 12.7 Å². The van der Waals surface area contributed by atoms with E-state index in [1.165, 1.54) is 24.1 Å². The van der Waals surface area contributed by atoms with Gasteiger partial charge in [-0.25, -0.2) is 5.01 Å². The summed E-state index contributed by atoms with van der Waals surface area (Å²) in [4.78, 5) is 22.5. The van der Waals surface area contributed by atoms with E-state index in [0.29, 0.717) is 29.3 Å². The number of benzene rings is 2. The van der Waals surface area contributed by atoms with Crippen LogP contribution in [0.2, 0.25) is 0 Å². The fourth-order valence-electron chi connectivity index (χ4n) is 3.30. The Balaban J connectivity index is 1.89. The molecule has 0 radical (unpaired) electrons. The lowest BCUT2D eigenvalue weighted by atomic mass is 9.90. The third-order valence-electron chi connectivity index (χ3n) is 4.71. The van der Waals surface area contributed by atoms with Crippen molar-refractivity contribution in [1.82, 2.24) is 5.01 Å². The van der Waals surface area contributed by atoms with Gasteiger partial charge >= 0.3 is 0 Å². The number of hydrogen-bond donors (Lipinski definition) is 0. The van der Waals surface area contributed by atoms with Gasteiger partial charge in [-0.15, -0.1) is 0 Å². The number of ether oxygens (including phenoxy) is 2. The van der Waals surface area contributed by atoms with Gasteiger partial charge in [0.05, 0.1) is 17.2 Å². The van der Waals surface area contributed by atoms with Crippen molar-refractivity contribution in [1.29, 1.82) is 0 Å². The summed E-state index contributed by atoms with van der Waals surface area (Å²) < 4.78 is 11.0. The van der Waals surface area contributed by atoms with E-state index in [4.69, 9.17) is 9.47 Å². The summed E-state index contributed by atoms with van der Waals surface area (Å²) in [6.45, 7) is 4.08. The minimum absolute atomic E-state index is 0.00401. The molecule has 2 aromatic carbocycles. The van der Waals surface area contributed by atoms with Gasteiger partial charge in [0, 0.05) is 36.1 Å². The lowest BCUT2D eigenvalue weighted by Crippen LogP contribution is -2.26. The van der Waals surface area contributed by atoms with E-state index in [0.717, 1.165) is 11.1 Å². The standard InChI is InChI=1S/C19H17N3O5/c1-11-9-21(12(2)23)20-19(13-3-5-14(6-4-13)22(24)25)16-8-18-17(7-15(11)16)26-10-27-18/h3-8,11H,9-10H2,1-2H3. The second kappa shape index (κ2) is 6.39. The Morgan fingerprint density at radius 1 is 1.22 bits per heavy atom. The van der Waals surface area contributed by atoms with Gasteiger partial charge in [-0.1, -0.05) is 6.92 Å². The van der Waals surface area contributed by atoms with Crippen LogP contribution in [0.25, 0.3) is 0 Å². The normalized spacial score (nSPS) is 17.8. The first-order valence-electron chi connectivity index (χ1n) is 8.49. The van der Waals surface area contributed by atoms with Crippen LogP contribution in [-0.2, 0) is 4.79 Å². The first-order valence-corrected chi connectivity index (χ1v) is 8.49. The molecule has 0 fully saturated rings. The van der Waals surface area contributed by atoms with Gasteiger partial charge in [0.25, 0.3) is 5.69 Å². The maximum Gasteiger partial charge on any atom is 0.269 e.